The summed E-state index contributed by atoms with van der Waals surface area (Å²) >= 11 is 5.81. The standard InChI is InChI=1S/C17H13ClFNO2/c1-10-14-8-12(19)4-7-16(14)22-17(10)15(21)9-20-13-5-2-11(18)3-6-13/h2-8,20H,9H2,1H3. The molecule has 0 aliphatic rings. The molecular weight excluding hydrogens is 305 g/mol. The molecule has 0 saturated carbocycles. The van der Waals surface area contributed by atoms with Crippen molar-refractivity contribution < 1.29 is 13.6 Å². The number of carbonyl (C=O) groups excluding carboxylic acids is 1. The van der Waals surface area contributed by atoms with E-state index in [1.54, 1.807) is 31.2 Å². The van der Waals surface area contributed by atoms with Crippen LogP contribution < -0.4 is 5.32 Å². The van der Waals surface area contributed by atoms with Crippen LogP contribution in [-0.2, 0) is 0 Å². The maximum absolute atomic E-state index is 13.3. The highest BCUT2D eigenvalue weighted by molar-refractivity contribution is 6.30. The lowest BCUT2D eigenvalue weighted by atomic mass is 10.1. The van der Waals surface area contributed by atoms with Crippen molar-refractivity contribution in [3.8, 4) is 0 Å². The molecule has 0 saturated heterocycles. The molecule has 0 bridgehead atoms. The van der Waals surface area contributed by atoms with Gasteiger partial charge in [0.2, 0.25) is 5.78 Å². The maximum atomic E-state index is 13.3. The van der Waals surface area contributed by atoms with Crippen molar-refractivity contribution >= 4 is 34.0 Å². The number of hydrogen-bond acceptors (Lipinski definition) is 3. The number of nitrogens with one attached hydrogen (secondary N) is 1. The number of anilines is 1. The summed E-state index contributed by atoms with van der Waals surface area (Å²) in [6.45, 7) is 1.84. The van der Waals surface area contributed by atoms with Crippen molar-refractivity contribution in [3.05, 3.63) is 64.6 Å². The average molecular weight is 318 g/mol. The molecule has 0 unspecified atom stereocenters. The Labute approximate surface area is 131 Å². The van der Waals surface area contributed by atoms with Crippen molar-refractivity contribution in [2.45, 2.75) is 6.92 Å². The molecule has 1 N–H and O–H groups in total. The molecule has 3 aromatic rings. The van der Waals surface area contributed by atoms with Gasteiger partial charge in [-0.2, -0.15) is 0 Å². The number of carbonyl (C=O) groups is 1. The van der Waals surface area contributed by atoms with E-state index in [2.05, 4.69) is 5.32 Å². The van der Waals surface area contributed by atoms with Crippen LogP contribution in [0.3, 0.4) is 0 Å². The SMILES string of the molecule is Cc1c(C(=O)CNc2ccc(Cl)cc2)oc2ccc(F)cc12. The van der Waals surface area contributed by atoms with Gasteiger partial charge >= 0.3 is 0 Å². The third-order valence-electron chi connectivity index (χ3n) is 3.45. The van der Waals surface area contributed by atoms with Crippen molar-refractivity contribution in [1.82, 2.24) is 0 Å². The second-order valence-corrected chi connectivity index (χ2v) is 5.42. The van der Waals surface area contributed by atoms with E-state index in [0.717, 1.165) is 5.69 Å². The van der Waals surface area contributed by atoms with Gasteiger partial charge in [-0.3, -0.25) is 4.79 Å². The predicted molar refractivity (Wildman–Crippen MR) is 85.2 cm³/mol. The maximum Gasteiger partial charge on any atom is 0.217 e. The number of hydrogen-bond donors (Lipinski definition) is 1. The lowest BCUT2D eigenvalue weighted by Crippen LogP contribution is -2.14. The highest BCUT2D eigenvalue weighted by Crippen LogP contribution is 2.26. The highest BCUT2D eigenvalue weighted by Gasteiger charge is 2.17. The van der Waals surface area contributed by atoms with Gasteiger partial charge in [0, 0.05) is 21.7 Å². The molecule has 0 radical (unpaired) electrons. The molecule has 2 aromatic carbocycles. The fraction of sp³-hybridized carbons (Fsp3) is 0.118. The van der Waals surface area contributed by atoms with Crippen LogP contribution in [0.25, 0.3) is 11.0 Å². The summed E-state index contributed by atoms with van der Waals surface area (Å²) < 4.78 is 18.8. The smallest absolute Gasteiger partial charge is 0.217 e. The summed E-state index contributed by atoms with van der Waals surface area (Å²) in [5.41, 5.74) is 1.95. The number of halogens is 2. The van der Waals surface area contributed by atoms with E-state index in [1.165, 1.54) is 18.2 Å². The van der Waals surface area contributed by atoms with E-state index in [1.807, 2.05) is 0 Å². The molecule has 0 aliphatic heterocycles. The Morgan fingerprint density at radius 1 is 1.23 bits per heavy atom. The lowest BCUT2D eigenvalue weighted by molar-refractivity contribution is 0.0981. The van der Waals surface area contributed by atoms with Crippen LogP contribution in [0.1, 0.15) is 16.1 Å². The fourth-order valence-corrected chi connectivity index (χ4v) is 2.42. The van der Waals surface area contributed by atoms with Gasteiger partial charge in [0.15, 0.2) is 5.76 Å². The summed E-state index contributed by atoms with van der Waals surface area (Å²) in [7, 11) is 0. The van der Waals surface area contributed by atoms with E-state index in [4.69, 9.17) is 16.0 Å². The van der Waals surface area contributed by atoms with E-state index < -0.39 is 0 Å². The van der Waals surface area contributed by atoms with E-state index in [-0.39, 0.29) is 23.9 Å². The molecule has 22 heavy (non-hydrogen) atoms. The zero-order valence-corrected chi connectivity index (χ0v) is 12.6. The fourth-order valence-electron chi connectivity index (χ4n) is 2.29. The zero-order chi connectivity index (χ0) is 15.7. The number of Topliss-reactive ketones (excluding diaryl/α,β-unsaturated/α-hetero) is 1. The molecule has 1 aromatic heterocycles. The van der Waals surface area contributed by atoms with Crippen LogP contribution in [0.15, 0.2) is 46.9 Å². The molecule has 1 heterocycles. The largest absolute Gasteiger partial charge is 0.453 e. The number of fused-ring (bicyclic) bond motifs is 1. The molecule has 0 amide bonds. The minimum absolute atomic E-state index is 0.0881. The Balaban J connectivity index is 1.80. The first-order valence-electron chi connectivity index (χ1n) is 6.76. The van der Waals surface area contributed by atoms with Crippen LogP contribution in [0.2, 0.25) is 5.02 Å². The average Bonchev–Trinajstić information content (AvgIpc) is 2.83. The first-order chi connectivity index (χ1) is 10.5. The lowest BCUT2D eigenvalue weighted by Gasteiger charge is -2.04. The van der Waals surface area contributed by atoms with Gasteiger partial charge < -0.3 is 9.73 Å². The van der Waals surface area contributed by atoms with Crippen LogP contribution in [0, 0.1) is 12.7 Å². The predicted octanol–water partition coefficient (Wildman–Crippen LogP) is 4.83. The number of aryl methyl sites for hydroxylation is 1. The quantitative estimate of drug-likeness (QED) is 0.701. The number of rotatable bonds is 4. The molecule has 3 rings (SSSR count). The first-order valence-corrected chi connectivity index (χ1v) is 7.13. The molecule has 0 fully saturated rings. The highest BCUT2D eigenvalue weighted by atomic mass is 35.5. The van der Waals surface area contributed by atoms with Gasteiger partial charge in [0.25, 0.3) is 0 Å². The van der Waals surface area contributed by atoms with E-state index >= 15 is 0 Å². The summed E-state index contributed by atoms with van der Waals surface area (Å²) in [5, 5.41) is 4.26. The van der Waals surface area contributed by atoms with Gasteiger partial charge in [-0.25, -0.2) is 4.39 Å². The van der Waals surface area contributed by atoms with Gasteiger partial charge in [0.05, 0.1) is 6.54 Å². The van der Waals surface area contributed by atoms with Crippen LogP contribution >= 0.6 is 11.6 Å². The van der Waals surface area contributed by atoms with Gasteiger partial charge in [-0.05, 0) is 49.4 Å². The van der Waals surface area contributed by atoms with Crippen LogP contribution in [0.4, 0.5) is 10.1 Å². The Bertz CT molecular complexity index is 840. The van der Waals surface area contributed by atoms with Crippen LogP contribution in [-0.4, -0.2) is 12.3 Å². The topological polar surface area (TPSA) is 42.2 Å². The Morgan fingerprint density at radius 2 is 1.95 bits per heavy atom. The Morgan fingerprint density at radius 3 is 2.68 bits per heavy atom. The minimum atomic E-state index is -0.352. The van der Waals surface area contributed by atoms with Gasteiger partial charge in [-0.15, -0.1) is 0 Å². The van der Waals surface area contributed by atoms with Crippen molar-refractivity contribution in [3.63, 3.8) is 0 Å². The van der Waals surface area contributed by atoms with Crippen molar-refractivity contribution in [1.29, 1.82) is 0 Å². The summed E-state index contributed by atoms with van der Waals surface area (Å²) in [4.78, 5) is 12.3. The normalized spacial score (nSPS) is 10.9. The van der Waals surface area contributed by atoms with E-state index in [0.29, 0.717) is 21.6 Å². The number of furan rings is 1. The third-order valence-corrected chi connectivity index (χ3v) is 3.70. The first kappa shape index (κ1) is 14.6. The molecule has 0 atom stereocenters. The summed E-state index contributed by atoms with van der Waals surface area (Å²) in [6, 6.07) is 11.3. The van der Waals surface area contributed by atoms with Gasteiger partial charge in [-0.1, -0.05) is 11.6 Å². The monoisotopic (exact) mass is 317 g/mol. The second-order valence-electron chi connectivity index (χ2n) is 4.98. The van der Waals surface area contributed by atoms with Crippen molar-refractivity contribution in [2.24, 2.45) is 0 Å². The molecule has 0 aliphatic carbocycles. The molecule has 3 nitrogen and oxygen atoms in total. The van der Waals surface area contributed by atoms with E-state index in [9.17, 15) is 9.18 Å². The van der Waals surface area contributed by atoms with Crippen LogP contribution in [0.5, 0.6) is 0 Å². The number of benzene rings is 2. The number of ketones is 1. The molecule has 0 spiro atoms. The summed E-state index contributed by atoms with van der Waals surface area (Å²) in [5.74, 6) is -0.291. The summed E-state index contributed by atoms with van der Waals surface area (Å²) in [6.07, 6.45) is 0. The second kappa shape index (κ2) is 5.81. The third kappa shape index (κ3) is 2.83. The Kier molecular flexibility index (Phi) is 3.86. The van der Waals surface area contributed by atoms with Gasteiger partial charge in [0.1, 0.15) is 11.4 Å². The molecule has 5 heteroatoms. The van der Waals surface area contributed by atoms with Crippen molar-refractivity contribution in [2.75, 3.05) is 11.9 Å². The zero-order valence-electron chi connectivity index (χ0n) is 11.8. The molecule has 112 valence electrons. The minimum Gasteiger partial charge on any atom is -0.453 e. The Hall–Kier alpha value is -2.33. The molecular formula is C17H13ClFNO2.